The molecule has 5 nitrogen and oxygen atoms in total. The molecule has 32 heavy (non-hydrogen) atoms. The molecule has 1 aliphatic rings. The van der Waals surface area contributed by atoms with Gasteiger partial charge in [-0.15, -0.1) is 10.2 Å². The molecule has 0 N–H and O–H groups in total. The maximum Gasteiger partial charge on any atom is 0.247 e. The fourth-order valence-corrected chi connectivity index (χ4v) is 4.52. The molecule has 5 heteroatoms. The number of aromatic nitrogens is 2. The van der Waals surface area contributed by atoms with Crippen LogP contribution in [-0.4, -0.2) is 46.2 Å². The van der Waals surface area contributed by atoms with Crippen LogP contribution in [0.4, 0.5) is 0 Å². The number of hydrogen-bond acceptors (Lipinski definition) is 5. The van der Waals surface area contributed by atoms with Crippen LogP contribution in [0.15, 0.2) is 95.4 Å². The number of nitrogens with zero attached hydrogens (tertiary/aromatic N) is 4. The molecule has 1 fully saturated rings. The lowest BCUT2D eigenvalue weighted by Gasteiger charge is -2.41. The van der Waals surface area contributed by atoms with Crippen LogP contribution in [0.3, 0.4) is 0 Å². The van der Waals surface area contributed by atoms with Gasteiger partial charge in [0.1, 0.15) is 0 Å². The first-order chi connectivity index (χ1) is 15.8. The van der Waals surface area contributed by atoms with E-state index in [4.69, 9.17) is 4.42 Å². The minimum Gasteiger partial charge on any atom is -0.419 e. The molecule has 162 valence electrons. The van der Waals surface area contributed by atoms with Crippen LogP contribution in [0.5, 0.6) is 0 Å². The highest BCUT2D eigenvalue weighted by atomic mass is 16.4. The number of rotatable bonds is 6. The van der Waals surface area contributed by atoms with Gasteiger partial charge in [-0.2, -0.15) is 0 Å². The first-order valence-electron chi connectivity index (χ1n) is 11.3. The average Bonchev–Trinajstić information content (AvgIpc) is 3.37. The topological polar surface area (TPSA) is 45.4 Å². The van der Waals surface area contributed by atoms with Gasteiger partial charge in [0.05, 0.1) is 12.1 Å². The molecule has 0 amide bonds. The SMILES string of the molecule is C[C@H](c1nnc(-c2ccccc2)o1)N1CCN(C(c2ccccc2)c2ccccc2)CC1. The second kappa shape index (κ2) is 9.47. The summed E-state index contributed by atoms with van der Waals surface area (Å²) in [5.41, 5.74) is 3.63. The van der Waals surface area contributed by atoms with Crippen LogP contribution < -0.4 is 0 Å². The summed E-state index contributed by atoms with van der Waals surface area (Å²) >= 11 is 0. The third-order valence-electron chi connectivity index (χ3n) is 6.31. The van der Waals surface area contributed by atoms with Crippen molar-refractivity contribution in [2.24, 2.45) is 0 Å². The van der Waals surface area contributed by atoms with Crippen LogP contribution >= 0.6 is 0 Å². The molecule has 0 aliphatic carbocycles. The predicted molar refractivity (Wildman–Crippen MR) is 126 cm³/mol. The van der Waals surface area contributed by atoms with Crippen molar-refractivity contribution in [2.75, 3.05) is 26.2 Å². The predicted octanol–water partition coefficient (Wildman–Crippen LogP) is 5.20. The Hall–Kier alpha value is -3.28. The van der Waals surface area contributed by atoms with Crippen molar-refractivity contribution < 1.29 is 4.42 Å². The van der Waals surface area contributed by atoms with E-state index in [1.165, 1.54) is 11.1 Å². The Kier molecular flexibility index (Phi) is 6.10. The molecule has 2 heterocycles. The number of hydrogen-bond donors (Lipinski definition) is 0. The fourth-order valence-electron chi connectivity index (χ4n) is 4.52. The molecule has 0 unspecified atom stereocenters. The van der Waals surface area contributed by atoms with E-state index in [9.17, 15) is 0 Å². The molecular weight excluding hydrogens is 396 g/mol. The Labute approximate surface area is 189 Å². The van der Waals surface area contributed by atoms with E-state index < -0.39 is 0 Å². The molecule has 1 saturated heterocycles. The Morgan fingerprint density at radius 1 is 0.656 bits per heavy atom. The monoisotopic (exact) mass is 424 g/mol. The standard InChI is InChI=1S/C27H28N4O/c1-21(26-28-29-27(32-26)24-15-9-4-10-16-24)30-17-19-31(20-18-30)25(22-11-5-2-6-12-22)23-13-7-3-8-14-23/h2-16,21,25H,17-20H2,1H3/t21-/m1/s1. The highest BCUT2D eigenvalue weighted by Gasteiger charge is 2.30. The summed E-state index contributed by atoms with van der Waals surface area (Å²) in [6, 6.07) is 31.9. The van der Waals surface area contributed by atoms with Crippen LogP contribution in [0.2, 0.25) is 0 Å². The minimum absolute atomic E-state index is 0.0917. The van der Waals surface area contributed by atoms with E-state index in [0.29, 0.717) is 11.8 Å². The quantitative estimate of drug-likeness (QED) is 0.425. The van der Waals surface area contributed by atoms with Gasteiger partial charge >= 0.3 is 0 Å². The molecule has 0 radical (unpaired) electrons. The Bertz CT molecular complexity index is 1070. The molecule has 0 spiro atoms. The first kappa shape index (κ1) is 20.6. The number of benzene rings is 3. The largest absolute Gasteiger partial charge is 0.419 e. The molecule has 1 aromatic heterocycles. The van der Waals surface area contributed by atoms with Crippen molar-refractivity contribution in [3.8, 4) is 11.5 Å². The molecule has 1 aliphatic heterocycles. The van der Waals surface area contributed by atoms with E-state index in [0.717, 1.165) is 31.7 Å². The van der Waals surface area contributed by atoms with Crippen molar-refractivity contribution in [1.82, 2.24) is 20.0 Å². The van der Waals surface area contributed by atoms with E-state index in [2.05, 4.69) is 87.6 Å². The van der Waals surface area contributed by atoms with Gasteiger partial charge in [0.25, 0.3) is 0 Å². The van der Waals surface area contributed by atoms with Crippen LogP contribution in [0.1, 0.15) is 36.0 Å². The van der Waals surface area contributed by atoms with Crippen molar-refractivity contribution >= 4 is 0 Å². The summed E-state index contributed by atoms with van der Waals surface area (Å²) in [7, 11) is 0. The lowest BCUT2D eigenvalue weighted by atomic mass is 9.96. The third kappa shape index (κ3) is 4.35. The fraction of sp³-hybridized carbons (Fsp3) is 0.259. The molecule has 5 rings (SSSR count). The molecule has 0 saturated carbocycles. The summed E-state index contributed by atoms with van der Waals surface area (Å²) in [4.78, 5) is 5.02. The zero-order chi connectivity index (χ0) is 21.8. The first-order valence-corrected chi connectivity index (χ1v) is 11.3. The maximum absolute atomic E-state index is 6.02. The van der Waals surface area contributed by atoms with E-state index in [1.54, 1.807) is 0 Å². The van der Waals surface area contributed by atoms with Gasteiger partial charge in [0.2, 0.25) is 11.8 Å². The number of piperazine rings is 1. The van der Waals surface area contributed by atoms with Gasteiger partial charge in [0.15, 0.2) is 0 Å². The van der Waals surface area contributed by atoms with Crippen molar-refractivity contribution in [2.45, 2.75) is 19.0 Å². The normalized spacial score (nSPS) is 16.3. The molecule has 4 aromatic rings. The summed E-state index contributed by atoms with van der Waals surface area (Å²) < 4.78 is 6.02. The summed E-state index contributed by atoms with van der Waals surface area (Å²) in [5.74, 6) is 1.26. The van der Waals surface area contributed by atoms with Crippen molar-refractivity contribution in [3.63, 3.8) is 0 Å². The van der Waals surface area contributed by atoms with E-state index in [1.807, 2.05) is 30.3 Å². The highest BCUT2D eigenvalue weighted by molar-refractivity contribution is 5.51. The second-order valence-corrected chi connectivity index (χ2v) is 8.28. The van der Waals surface area contributed by atoms with Crippen molar-refractivity contribution in [1.29, 1.82) is 0 Å². The van der Waals surface area contributed by atoms with Crippen LogP contribution in [-0.2, 0) is 0 Å². The van der Waals surface area contributed by atoms with Crippen molar-refractivity contribution in [3.05, 3.63) is 108 Å². The lowest BCUT2D eigenvalue weighted by molar-refractivity contribution is 0.0751. The van der Waals surface area contributed by atoms with Gasteiger partial charge in [-0.1, -0.05) is 78.9 Å². The Balaban J connectivity index is 1.29. The van der Waals surface area contributed by atoms with Gasteiger partial charge < -0.3 is 4.42 Å². The Morgan fingerprint density at radius 3 is 1.72 bits per heavy atom. The highest BCUT2D eigenvalue weighted by Crippen LogP contribution is 2.31. The molecule has 0 bridgehead atoms. The summed E-state index contributed by atoms with van der Waals surface area (Å²) in [6.45, 7) is 6.04. The molecular formula is C27H28N4O. The van der Waals surface area contributed by atoms with Gasteiger partial charge in [-0.3, -0.25) is 9.80 Å². The molecule has 1 atom stereocenters. The lowest BCUT2D eigenvalue weighted by Crippen LogP contribution is -2.48. The average molecular weight is 425 g/mol. The minimum atomic E-state index is 0.0917. The smallest absolute Gasteiger partial charge is 0.247 e. The summed E-state index contributed by atoms with van der Waals surface area (Å²) in [6.07, 6.45) is 0. The van der Waals surface area contributed by atoms with Crippen LogP contribution in [0, 0.1) is 0 Å². The summed E-state index contributed by atoms with van der Waals surface area (Å²) in [5, 5.41) is 8.62. The van der Waals surface area contributed by atoms with Gasteiger partial charge in [0, 0.05) is 31.7 Å². The Morgan fingerprint density at radius 2 is 1.16 bits per heavy atom. The van der Waals surface area contributed by atoms with Gasteiger partial charge in [-0.25, -0.2) is 0 Å². The molecule has 3 aromatic carbocycles. The van der Waals surface area contributed by atoms with Gasteiger partial charge in [-0.05, 0) is 30.2 Å². The second-order valence-electron chi connectivity index (χ2n) is 8.28. The third-order valence-corrected chi connectivity index (χ3v) is 6.31. The maximum atomic E-state index is 6.02. The van der Waals surface area contributed by atoms with E-state index in [-0.39, 0.29) is 12.1 Å². The van der Waals surface area contributed by atoms with Crippen LogP contribution in [0.25, 0.3) is 11.5 Å². The zero-order valence-corrected chi connectivity index (χ0v) is 18.3. The zero-order valence-electron chi connectivity index (χ0n) is 18.3. The van der Waals surface area contributed by atoms with E-state index >= 15 is 0 Å².